The highest BCUT2D eigenvalue weighted by Gasteiger charge is 2.24. The Labute approximate surface area is 188 Å². The van der Waals surface area contributed by atoms with E-state index < -0.39 is 0 Å². The van der Waals surface area contributed by atoms with Crippen molar-refractivity contribution >= 4 is 11.4 Å². The van der Waals surface area contributed by atoms with Gasteiger partial charge < -0.3 is 20.3 Å². The lowest BCUT2D eigenvalue weighted by molar-refractivity contribution is 0.414. The van der Waals surface area contributed by atoms with Gasteiger partial charge in [-0.1, -0.05) is 42.5 Å². The van der Waals surface area contributed by atoms with Crippen LogP contribution < -0.4 is 20.3 Å². The zero-order chi connectivity index (χ0) is 21.9. The van der Waals surface area contributed by atoms with E-state index in [1.807, 2.05) is 24.3 Å². The first-order valence-electron chi connectivity index (χ1n) is 10.8. The fraction of sp³-hybridized carbons (Fsp3) is 0.231. The Morgan fingerprint density at radius 2 is 1.09 bits per heavy atom. The largest absolute Gasteiger partial charge is 0.497 e. The van der Waals surface area contributed by atoms with Gasteiger partial charge in [0.15, 0.2) is 0 Å². The number of hydrogen-bond donors (Lipinski definition) is 2. The van der Waals surface area contributed by atoms with Crippen LogP contribution in [0.3, 0.4) is 0 Å². The van der Waals surface area contributed by atoms with Crippen LogP contribution in [0.15, 0.2) is 83.0 Å². The monoisotopic (exact) mass is 426 g/mol. The lowest BCUT2D eigenvalue weighted by Crippen LogP contribution is -2.10. The molecule has 0 saturated carbocycles. The number of rotatable bonds is 6. The number of nitrogens with zero attached hydrogens (tertiary/aromatic N) is 2. The van der Waals surface area contributed by atoms with Crippen molar-refractivity contribution < 1.29 is 9.47 Å². The summed E-state index contributed by atoms with van der Waals surface area (Å²) in [6, 6.07) is 25.1. The van der Waals surface area contributed by atoms with Crippen molar-refractivity contribution in [1.29, 1.82) is 0 Å². The highest BCUT2D eigenvalue weighted by molar-refractivity contribution is 6.06. The molecular formula is C26H26N4O2. The number of methoxy groups -OCH3 is 2. The highest BCUT2D eigenvalue weighted by Crippen LogP contribution is 2.29. The van der Waals surface area contributed by atoms with Gasteiger partial charge in [0.2, 0.25) is 0 Å². The minimum atomic E-state index is 0.171. The van der Waals surface area contributed by atoms with Gasteiger partial charge in [0, 0.05) is 12.8 Å². The van der Waals surface area contributed by atoms with E-state index in [4.69, 9.17) is 9.47 Å². The normalized spacial score (nSPS) is 19.6. The van der Waals surface area contributed by atoms with Gasteiger partial charge in [0.1, 0.15) is 11.5 Å². The van der Waals surface area contributed by atoms with Gasteiger partial charge in [0.05, 0.1) is 37.7 Å². The molecule has 2 atom stereocenters. The zero-order valence-corrected chi connectivity index (χ0v) is 18.2. The van der Waals surface area contributed by atoms with Crippen LogP contribution in [0.1, 0.15) is 47.2 Å². The third-order valence-corrected chi connectivity index (χ3v) is 6.07. The first-order chi connectivity index (χ1) is 15.7. The van der Waals surface area contributed by atoms with E-state index in [2.05, 4.69) is 69.6 Å². The summed E-state index contributed by atoms with van der Waals surface area (Å²) in [4.78, 5) is 0. The molecule has 6 nitrogen and oxygen atoms in total. The van der Waals surface area contributed by atoms with Gasteiger partial charge in [-0.2, -0.15) is 10.2 Å². The quantitative estimate of drug-likeness (QED) is 0.605. The second kappa shape index (κ2) is 8.75. The minimum Gasteiger partial charge on any atom is -0.497 e. The summed E-state index contributed by atoms with van der Waals surface area (Å²) < 4.78 is 10.5. The molecule has 0 aliphatic carbocycles. The van der Waals surface area contributed by atoms with Crippen molar-refractivity contribution in [1.82, 2.24) is 10.9 Å². The first kappa shape index (κ1) is 20.1. The molecule has 0 radical (unpaired) electrons. The number of benzene rings is 3. The summed E-state index contributed by atoms with van der Waals surface area (Å²) in [6.07, 6.45) is 1.68. The molecule has 2 N–H and O–H groups in total. The van der Waals surface area contributed by atoms with E-state index in [0.29, 0.717) is 0 Å². The van der Waals surface area contributed by atoms with Gasteiger partial charge >= 0.3 is 0 Å². The molecule has 2 aliphatic rings. The summed E-state index contributed by atoms with van der Waals surface area (Å²) in [6.45, 7) is 0. The summed E-state index contributed by atoms with van der Waals surface area (Å²) in [5, 5.41) is 9.24. The van der Waals surface area contributed by atoms with Crippen LogP contribution in [0.5, 0.6) is 11.5 Å². The Balaban J connectivity index is 1.26. The molecule has 6 heteroatoms. The Hall–Kier alpha value is -3.80. The maximum Gasteiger partial charge on any atom is 0.118 e. The SMILES string of the molecule is COc1ccc(C2CC(c3cccc(C4=NNC(c5ccc(OC)cc5)C4)c3)=NN2)cc1. The predicted molar refractivity (Wildman–Crippen MR) is 126 cm³/mol. The lowest BCUT2D eigenvalue weighted by Gasteiger charge is -2.11. The van der Waals surface area contributed by atoms with Gasteiger partial charge in [-0.05, 0) is 52.6 Å². The smallest absolute Gasteiger partial charge is 0.118 e. The van der Waals surface area contributed by atoms with Gasteiger partial charge in [-0.15, -0.1) is 0 Å². The first-order valence-corrected chi connectivity index (χ1v) is 10.8. The second-order valence-electron chi connectivity index (χ2n) is 8.02. The van der Waals surface area contributed by atoms with E-state index in [9.17, 15) is 0 Å². The van der Waals surface area contributed by atoms with E-state index in [1.54, 1.807) is 14.2 Å². The summed E-state index contributed by atoms with van der Waals surface area (Å²) >= 11 is 0. The van der Waals surface area contributed by atoms with Crippen molar-refractivity contribution in [2.24, 2.45) is 10.2 Å². The van der Waals surface area contributed by atoms with Crippen molar-refractivity contribution in [2.45, 2.75) is 24.9 Å². The fourth-order valence-electron chi connectivity index (χ4n) is 4.18. The topological polar surface area (TPSA) is 67.2 Å². The van der Waals surface area contributed by atoms with Crippen molar-refractivity contribution in [3.8, 4) is 11.5 Å². The van der Waals surface area contributed by atoms with Crippen LogP contribution in [0, 0.1) is 0 Å². The zero-order valence-electron chi connectivity index (χ0n) is 18.2. The molecule has 2 heterocycles. The standard InChI is InChI=1S/C26H26N4O2/c1-31-21-10-6-17(7-11-21)23-15-25(29-27-23)19-4-3-5-20(14-19)26-16-24(28-30-26)18-8-12-22(32-2)13-9-18/h3-14,23-24,27-28H,15-16H2,1-2H3. The predicted octanol–water partition coefficient (Wildman–Crippen LogP) is 4.58. The number of ether oxygens (including phenoxy) is 2. The molecule has 3 aromatic carbocycles. The van der Waals surface area contributed by atoms with E-state index >= 15 is 0 Å². The molecule has 0 aromatic heterocycles. The Morgan fingerprint density at radius 1 is 0.656 bits per heavy atom. The molecule has 0 amide bonds. The average Bonchev–Trinajstić information content (AvgIpc) is 3.55. The van der Waals surface area contributed by atoms with Crippen molar-refractivity contribution in [2.75, 3.05) is 14.2 Å². The molecule has 5 rings (SSSR count). The Bertz CT molecular complexity index is 1060. The molecule has 0 fully saturated rings. The van der Waals surface area contributed by atoms with Crippen LogP contribution in [0.2, 0.25) is 0 Å². The maximum atomic E-state index is 5.26. The molecule has 162 valence electrons. The van der Waals surface area contributed by atoms with E-state index in [-0.39, 0.29) is 12.1 Å². The molecule has 0 spiro atoms. The van der Waals surface area contributed by atoms with Crippen LogP contribution in [0.25, 0.3) is 0 Å². The molecule has 2 aliphatic heterocycles. The molecule has 32 heavy (non-hydrogen) atoms. The number of hydrazone groups is 2. The van der Waals surface area contributed by atoms with Crippen molar-refractivity contribution in [3.63, 3.8) is 0 Å². The maximum absolute atomic E-state index is 5.26. The molecule has 3 aromatic rings. The van der Waals surface area contributed by atoms with Crippen LogP contribution in [0.4, 0.5) is 0 Å². The Kier molecular flexibility index (Phi) is 5.50. The van der Waals surface area contributed by atoms with E-state index in [0.717, 1.165) is 46.9 Å². The molecule has 0 bridgehead atoms. The van der Waals surface area contributed by atoms with Gasteiger partial charge in [-0.25, -0.2) is 0 Å². The van der Waals surface area contributed by atoms with Crippen LogP contribution in [-0.4, -0.2) is 25.6 Å². The third kappa shape index (κ3) is 4.04. The minimum absolute atomic E-state index is 0.171. The molecule has 0 saturated heterocycles. The summed E-state index contributed by atoms with van der Waals surface area (Å²) in [5.41, 5.74) is 13.3. The van der Waals surface area contributed by atoms with Crippen LogP contribution >= 0.6 is 0 Å². The number of hydrogen-bond acceptors (Lipinski definition) is 6. The fourth-order valence-corrected chi connectivity index (χ4v) is 4.18. The molecular weight excluding hydrogens is 400 g/mol. The second-order valence-corrected chi connectivity index (χ2v) is 8.02. The van der Waals surface area contributed by atoms with Gasteiger partial charge in [0.25, 0.3) is 0 Å². The Morgan fingerprint density at radius 3 is 1.50 bits per heavy atom. The van der Waals surface area contributed by atoms with E-state index in [1.165, 1.54) is 11.1 Å². The third-order valence-electron chi connectivity index (χ3n) is 6.07. The summed E-state index contributed by atoms with van der Waals surface area (Å²) in [7, 11) is 3.36. The summed E-state index contributed by atoms with van der Waals surface area (Å²) in [5.74, 6) is 1.72. The van der Waals surface area contributed by atoms with Crippen LogP contribution in [-0.2, 0) is 0 Å². The molecule has 2 unspecified atom stereocenters. The number of nitrogens with one attached hydrogen (secondary N) is 2. The highest BCUT2D eigenvalue weighted by atomic mass is 16.5. The van der Waals surface area contributed by atoms with Crippen molar-refractivity contribution in [3.05, 3.63) is 95.1 Å². The average molecular weight is 427 g/mol. The van der Waals surface area contributed by atoms with Gasteiger partial charge in [-0.3, -0.25) is 0 Å². The lowest BCUT2D eigenvalue weighted by atomic mass is 9.95.